The van der Waals surface area contributed by atoms with Gasteiger partial charge in [0, 0.05) is 0 Å². The van der Waals surface area contributed by atoms with Crippen LogP contribution in [0, 0.1) is 5.92 Å². The summed E-state index contributed by atoms with van der Waals surface area (Å²) < 4.78 is 9.95. The van der Waals surface area contributed by atoms with E-state index in [1.807, 2.05) is 12.1 Å². The fourth-order valence-electron chi connectivity index (χ4n) is 3.41. The monoisotopic (exact) mass is 401 g/mol. The number of anilines is 2. The molecule has 3 aromatic rings. The van der Waals surface area contributed by atoms with Crippen LogP contribution in [0.4, 0.5) is 11.6 Å². The second-order valence-electron chi connectivity index (χ2n) is 6.91. The van der Waals surface area contributed by atoms with Gasteiger partial charge < -0.3 is 16.2 Å². The van der Waals surface area contributed by atoms with Crippen molar-refractivity contribution >= 4 is 40.2 Å². The third-order valence-corrected chi connectivity index (χ3v) is 5.25. The SMILES string of the molecule is CCn1c(COC(=O)c2nc(Cl)c(N)nc2N)[n+](CC2CC2)c2ccccc21. The molecule has 2 heterocycles. The summed E-state index contributed by atoms with van der Waals surface area (Å²) in [6, 6.07) is 8.21. The molecule has 9 heteroatoms. The van der Waals surface area contributed by atoms with Gasteiger partial charge in [0.15, 0.2) is 40.1 Å². The summed E-state index contributed by atoms with van der Waals surface area (Å²) in [5.41, 5.74) is 13.4. The van der Waals surface area contributed by atoms with E-state index in [2.05, 4.69) is 38.2 Å². The van der Waals surface area contributed by atoms with Crippen LogP contribution in [0.1, 0.15) is 36.1 Å². The Labute approximate surface area is 167 Å². The number of carbonyl (C=O) groups excluding carboxylic acids is 1. The second-order valence-corrected chi connectivity index (χ2v) is 7.27. The molecule has 1 aliphatic rings. The first-order chi connectivity index (χ1) is 13.5. The summed E-state index contributed by atoms with van der Waals surface area (Å²) in [5.74, 6) is 0.792. The first kappa shape index (κ1) is 18.5. The van der Waals surface area contributed by atoms with Gasteiger partial charge in [-0.05, 0) is 37.8 Å². The number of hydrogen-bond acceptors (Lipinski definition) is 6. The Morgan fingerprint density at radius 1 is 1.29 bits per heavy atom. The second kappa shape index (κ2) is 7.27. The minimum Gasteiger partial charge on any atom is -0.448 e. The first-order valence-electron chi connectivity index (χ1n) is 9.25. The van der Waals surface area contributed by atoms with Crippen molar-refractivity contribution in [3.05, 3.63) is 40.9 Å². The van der Waals surface area contributed by atoms with Gasteiger partial charge in [0.05, 0.1) is 13.1 Å². The van der Waals surface area contributed by atoms with Gasteiger partial charge in [-0.2, -0.15) is 0 Å². The number of para-hydroxylation sites is 2. The maximum atomic E-state index is 12.5. The molecule has 0 saturated heterocycles. The normalized spacial score (nSPS) is 13.8. The molecular formula is C19H22ClN6O2+. The maximum Gasteiger partial charge on any atom is 0.361 e. The predicted molar refractivity (Wildman–Crippen MR) is 106 cm³/mol. The van der Waals surface area contributed by atoms with Gasteiger partial charge in [0.2, 0.25) is 0 Å². The number of carbonyl (C=O) groups is 1. The summed E-state index contributed by atoms with van der Waals surface area (Å²) in [6.07, 6.45) is 2.46. The standard InChI is InChI=1S/C19H21ClN6O2/c1-2-25-12-5-3-4-6-13(12)26(9-11-7-8-11)14(25)10-28-19(27)15-17(21)24-18(22)16(20)23-15/h3-6,11H,2,7-10H2,1H3,(H3-,21,22,24,27)/p+1. The number of benzene rings is 1. The molecule has 2 aromatic heterocycles. The van der Waals surface area contributed by atoms with Crippen molar-refractivity contribution in [1.29, 1.82) is 0 Å². The number of nitrogens with two attached hydrogens (primary N) is 2. The topological polar surface area (TPSA) is 113 Å². The maximum absolute atomic E-state index is 12.5. The van der Waals surface area contributed by atoms with E-state index in [1.165, 1.54) is 12.8 Å². The molecule has 0 amide bonds. The highest BCUT2D eigenvalue weighted by Gasteiger charge is 2.31. The third-order valence-electron chi connectivity index (χ3n) is 4.97. The Kier molecular flexibility index (Phi) is 4.80. The lowest BCUT2D eigenvalue weighted by atomic mass is 10.3. The molecule has 1 saturated carbocycles. The van der Waals surface area contributed by atoms with Crippen molar-refractivity contribution < 1.29 is 14.1 Å². The van der Waals surface area contributed by atoms with Crippen molar-refractivity contribution in [3.8, 4) is 0 Å². The zero-order chi connectivity index (χ0) is 19.8. The fourth-order valence-corrected chi connectivity index (χ4v) is 3.53. The van der Waals surface area contributed by atoms with Gasteiger partial charge in [0.25, 0.3) is 5.82 Å². The molecule has 0 spiro atoms. The van der Waals surface area contributed by atoms with Crippen LogP contribution < -0.4 is 16.0 Å². The molecular weight excluding hydrogens is 380 g/mol. The summed E-state index contributed by atoms with van der Waals surface area (Å²) in [5, 5.41) is -0.0763. The fraction of sp³-hybridized carbons (Fsp3) is 0.368. The number of nitrogen functional groups attached to an aromatic ring is 2. The molecule has 0 atom stereocenters. The average molecular weight is 402 g/mol. The zero-order valence-electron chi connectivity index (χ0n) is 15.6. The highest BCUT2D eigenvalue weighted by atomic mass is 35.5. The molecule has 4 N–H and O–H groups in total. The number of hydrogen-bond donors (Lipinski definition) is 2. The lowest BCUT2D eigenvalue weighted by Crippen LogP contribution is -2.39. The summed E-state index contributed by atoms with van der Waals surface area (Å²) >= 11 is 5.87. The van der Waals surface area contributed by atoms with Crippen LogP contribution in [-0.2, 0) is 24.4 Å². The van der Waals surface area contributed by atoms with E-state index in [-0.39, 0.29) is 29.1 Å². The number of ether oxygens (including phenoxy) is 1. The van der Waals surface area contributed by atoms with Crippen molar-refractivity contribution in [2.24, 2.45) is 5.92 Å². The summed E-state index contributed by atoms with van der Waals surface area (Å²) in [7, 11) is 0. The Bertz CT molecular complexity index is 1060. The molecule has 1 fully saturated rings. The highest BCUT2D eigenvalue weighted by molar-refractivity contribution is 6.31. The number of aromatic nitrogens is 4. The Balaban J connectivity index is 1.66. The molecule has 28 heavy (non-hydrogen) atoms. The molecule has 0 unspecified atom stereocenters. The number of rotatable bonds is 6. The van der Waals surface area contributed by atoms with Crippen molar-refractivity contribution in [1.82, 2.24) is 14.5 Å². The molecule has 4 rings (SSSR count). The summed E-state index contributed by atoms with van der Waals surface area (Å²) in [6.45, 7) is 3.84. The predicted octanol–water partition coefficient (Wildman–Crippen LogP) is 2.32. The van der Waals surface area contributed by atoms with Gasteiger partial charge in [-0.25, -0.2) is 23.9 Å². The van der Waals surface area contributed by atoms with Crippen LogP contribution in [0.5, 0.6) is 0 Å². The number of aryl methyl sites for hydroxylation is 1. The van der Waals surface area contributed by atoms with Gasteiger partial charge in [-0.3, -0.25) is 0 Å². The van der Waals surface area contributed by atoms with Gasteiger partial charge in [0.1, 0.15) is 0 Å². The van der Waals surface area contributed by atoms with Gasteiger partial charge in [-0.15, -0.1) is 0 Å². The van der Waals surface area contributed by atoms with Crippen LogP contribution in [0.3, 0.4) is 0 Å². The van der Waals surface area contributed by atoms with E-state index < -0.39 is 5.97 Å². The van der Waals surface area contributed by atoms with Crippen LogP contribution in [0.15, 0.2) is 24.3 Å². The minimum absolute atomic E-state index is 0.0240. The number of halogens is 1. The molecule has 1 aromatic carbocycles. The number of esters is 1. The number of fused-ring (bicyclic) bond motifs is 1. The van der Waals surface area contributed by atoms with Crippen molar-refractivity contribution in [2.75, 3.05) is 11.5 Å². The van der Waals surface area contributed by atoms with Gasteiger partial charge >= 0.3 is 5.97 Å². The highest BCUT2D eigenvalue weighted by Crippen LogP contribution is 2.30. The van der Waals surface area contributed by atoms with E-state index in [4.69, 9.17) is 27.8 Å². The molecule has 8 nitrogen and oxygen atoms in total. The van der Waals surface area contributed by atoms with Crippen LogP contribution in [0.25, 0.3) is 11.0 Å². The number of nitrogens with zero attached hydrogens (tertiary/aromatic N) is 4. The lowest BCUT2D eigenvalue weighted by Gasteiger charge is -2.08. The van der Waals surface area contributed by atoms with E-state index in [0.29, 0.717) is 5.92 Å². The third kappa shape index (κ3) is 3.35. The van der Waals surface area contributed by atoms with Crippen molar-refractivity contribution in [3.63, 3.8) is 0 Å². The Morgan fingerprint density at radius 3 is 2.75 bits per heavy atom. The van der Waals surface area contributed by atoms with E-state index in [1.54, 1.807) is 0 Å². The molecule has 1 aliphatic carbocycles. The van der Waals surface area contributed by atoms with Crippen molar-refractivity contribution in [2.45, 2.75) is 39.5 Å². The van der Waals surface area contributed by atoms with E-state index in [9.17, 15) is 4.79 Å². The first-order valence-corrected chi connectivity index (χ1v) is 9.63. The quantitative estimate of drug-likeness (QED) is 0.484. The number of imidazole rings is 1. The van der Waals surface area contributed by atoms with Crippen LogP contribution in [0.2, 0.25) is 5.15 Å². The molecule has 0 aliphatic heterocycles. The Morgan fingerprint density at radius 2 is 2.04 bits per heavy atom. The zero-order valence-corrected chi connectivity index (χ0v) is 16.3. The largest absolute Gasteiger partial charge is 0.448 e. The van der Waals surface area contributed by atoms with Crippen LogP contribution >= 0.6 is 11.6 Å². The average Bonchev–Trinajstić information content (AvgIpc) is 3.45. The van der Waals surface area contributed by atoms with Gasteiger partial charge in [-0.1, -0.05) is 23.7 Å². The molecule has 0 radical (unpaired) electrons. The lowest BCUT2D eigenvalue weighted by molar-refractivity contribution is -0.684. The molecule has 0 bridgehead atoms. The smallest absolute Gasteiger partial charge is 0.361 e. The molecule has 146 valence electrons. The summed E-state index contributed by atoms with van der Waals surface area (Å²) in [4.78, 5) is 20.3. The van der Waals surface area contributed by atoms with E-state index >= 15 is 0 Å². The van der Waals surface area contributed by atoms with E-state index in [0.717, 1.165) is 29.9 Å². The Hall–Kier alpha value is -2.87. The van der Waals surface area contributed by atoms with Crippen LogP contribution in [-0.4, -0.2) is 20.5 Å². The minimum atomic E-state index is -0.683.